The maximum absolute atomic E-state index is 12.7. The van der Waals surface area contributed by atoms with Gasteiger partial charge in [-0.3, -0.25) is 4.79 Å². The van der Waals surface area contributed by atoms with Gasteiger partial charge >= 0.3 is 0 Å². The molecule has 0 radical (unpaired) electrons. The van der Waals surface area contributed by atoms with Crippen molar-refractivity contribution in [1.82, 2.24) is 9.21 Å². The van der Waals surface area contributed by atoms with E-state index in [9.17, 15) is 13.2 Å². The van der Waals surface area contributed by atoms with E-state index in [0.717, 1.165) is 19.3 Å². The van der Waals surface area contributed by atoms with Crippen LogP contribution in [-0.2, 0) is 10.0 Å². The van der Waals surface area contributed by atoms with E-state index >= 15 is 0 Å². The number of likely N-dealkylation sites (tertiary alicyclic amines) is 1. The minimum absolute atomic E-state index is 0. The number of carbonyl (C=O) groups is 1. The van der Waals surface area contributed by atoms with E-state index in [0.29, 0.717) is 44.2 Å². The zero-order valence-electron chi connectivity index (χ0n) is 15.6. The Morgan fingerprint density at radius 1 is 1.19 bits per heavy atom. The molecule has 1 aromatic rings. The highest BCUT2D eigenvalue weighted by molar-refractivity contribution is 7.89. The first-order valence-corrected chi connectivity index (χ1v) is 10.5. The van der Waals surface area contributed by atoms with Gasteiger partial charge < -0.3 is 10.6 Å². The Kier molecular flexibility index (Phi) is 9.03. The molecule has 2 rings (SSSR count). The maximum atomic E-state index is 12.7. The monoisotopic (exact) mass is 403 g/mol. The molecule has 1 aromatic carbocycles. The summed E-state index contributed by atoms with van der Waals surface area (Å²) in [6.07, 6.45) is 2.47. The summed E-state index contributed by atoms with van der Waals surface area (Å²) in [5.41, 5.74) is 6.19. The lowest BCUT2D eigenvalue weighted by Crippen LogP contribution is -2.32. The van der Waals surface area contributed by atoms with Crippen LogP contribution < -0.4 is 5.73 Å². The number of benzene rings is 1. The van der Waals surface area contributed by atoms with Crippen molar-refractivity contribution >= 4 is 28.3 Å². The Labute approximate surface area is 163 Å². The van der Waals surface area contributed by atoms with E-state index in [2.05, 4.69) is 0 Å². The summed E-state index contributed by atoms with van der Waals surface area (Å²) in [5, 5.41) is 0. The Bertz CT molecular complexity index is 673. The molecule has 148 valence electrons. The third-order valence-corrected chi connectivity index (χ3v) is 6.50. The molecular formula is C18H30ClN3O3S. The molecule has 1 fully saturated rings. The summed E-state index contributed by atoms with van der Waals surface area (Å²) < 4.78 is 27.0. The molecule has 1 unspecified atom stereocenters. The van der Waals surface area contributed by atoms with Gasteiger partial charge in [0.1, 0.15) is 0 Å². The highest BCUT2D eigenvalue weighted by atomic mass is 35.5. The van der Waals surface area contributed by atoms with E-state index in [4.69, 9.17) is 5.73 Å². The topological polar surface area (TPSA) is 83.7 Å². The molecule has 0 saturated carbocycles. The first-order valence-electron chi connectivity index (χ1n) is 9.03. The fraction of sp³-hybridized carbons (Fsp3) is 0.611. The molecule has 1 aliphatic rings. The van der Waals surface area contributed by atoms with Gasteiger partial charge in [-0.05, 0) is 56.0 Å². The summed E-state index contributed by atoms with van der Waals surface area (Å²) in [7, 11) is -3.51. The van der Waals surface area contributed by atoms with E-state index in [1.165, 1.54) is 16.4 Å². The van der Waals surface area contributed by atoms with Crippen molar-refractivity contribution in [3.8, 4) is 0 Å². The van der Waals surface area contributed by atoms with Crippen LogP contribution in [-0.4, -0.2) is 56.3 Å². The number of nitrogens with two attached hydrogens (primary N) is 1. The second-order valence-corrected chi connectivity index (χ2v) is 8.51. The van der Waals surface area contributed by atoms with Gasteiger partial charge in [-0.25, -0.2) is 8.42 Å². The van der Waals surface area contributed by atoms with E-state index in [-0.39, 0.29) is 23.2 Å². The summed E-state index contributed by atoms with van der Waals surface area (Å²) in [6, 6.07) is 6.30. The Morgan fingerprint density at radius 3 is 2.23 bits per heavy atom. The molecule has 6 nitrogen and oxygen atoms in total. The van der Waals surface area contributed by atoms with Gasteiger partial charge in [0.05, 0.1) is 4.90 Å². The van der Waals surface area contributed by atoms with Crippen LogP contribution in [0.2, 0.25) is 0 Å². The number of hydrogen-bond donors (Lipinski definition) is 1. The van der Waals surface area contributed by atoms with Crippen molar-refractivity contribution in [2.24, 2.45) is 11.7 Å². The summed E-state index contributed by atoms with van der Waals surface area (Å²) >= 11 is 0. The second kappa shape index (κ2) is 10.3. The predicted molar refractivity (Wildman–Crippen MR) is 106 cm³/mol. The lowest BCUT2D eigenvalue weighted by Gasteiger charge is -2.21. The van der Waals surface area contributed by atoms with Gasteiger partial charge in [-0.15, -0.1) is 12.4 Å². The molecule has 0 spiro atoms. The van der Waals surface area contributed by atoms with Crippen LogP contribution in [0.3, 0.4) is 0 Å². The van der Waals surface area contributed by atoms with Gasteiger partial charge in [0.25, 0.3) is 5.91 Å². The van der Waals surface area contributed by atoms with Crippen molar-refractivity contribution in [1.29, 1.82) is 0 Å². The summed E-state index contributed by atoms with van der Waals surface area (Å²) in [4.78, 5) is 14.6. The highest BCUT2D eigenvalue weighted by Crippen LogP contribution is 2.21. The molecule has 0 aromatic heterocycles. The SMILES string of the molecule is CCCN(CCC)S(=O)(=O)c1ccc(C(=O)N2CCC(CN)C2)cc1.Cl. The summed E-state index contributed by atoms with van der Waals surface area (Å²) in [5.74, 6) is 0.305. The van der Waals surface area contributed by atoms with Gasteiger partial charge in [0, 0.05) is 31.7 Å². The van der Waals surface area contributed by atoms with Gasteiger partial charge in [0.15, 0.2) is 0 Å². The summed E-state index contributed by atoms with van der Waals surface area (Å²) in [6.45, 7) is 6.91. The zero-order chi connectivity index (χ0) is 18.4. The third-order valence-electron chi connectivity index (χ3n) is 4.59. The molecule has 0 bridgehead atoms. The second-order valence-electron chi connectivity index (χ2n) is 6.57. The molecule has 8 heteroatoms. The average molecular weight is 404 g/mol. The molecule has 26 heavy (non-hydrogen) atoms. The van der Waals surface area contributed by atoms with Crippen LogP contribution in [0.1, 0.15) is 43.5 Å². The van der Waals surface area contributed by atoms with Gasteiger partial charge in [0.2, 0.25) is 10.0 Å². The largest absolute Gasteiger partial charge is 0.338 e. The molecule has 2 N–H and O–H groups in total. The fourth-order valence-corrected chi connectivity index (χ4v) is 4.79. The van der Waals surface area contributed by atoms with Crippen LogP contribution in [0.4, 0.5) is 0 Å². The zero-order valence-corrected chi connectivity index (χ0v) is 17.2. The number of sulfonamides is 1. The number of rotatable bonds is 8. The van der Waals surface area contributed by atoms with Crippen molar-refractivity contribution in [3.63, 3.8) is 0 Å². The van der Waals surface area contributed by atoms with E-state index < -0.39 is 10.0 Å². The van der Waals surface area contributed by atoms with Crippen molar-refractivity contribution < 1.29 is 13.2 Å². The van der Waals surface area contributed by atoms with E-state index in [1.807, 2.05) is 13.8 Å². The predicted octanol–water partition coefficient (Wildman–Crippen LogP) is 2.34. The van der Waals surface area contributed by atoms with Crippen LogP contribution in [0.15, 0.2) is 29.2 Å². The molecule has 1 atom stereocenters. The fourth-order valence-electron chi connectivity index (χ4n) is 3.16. The number of nitrogens with zero attached hydrogens (tertiary/aromatic N) is 2. The average Bonchev–Trinajstić information content (AvgIpc) is 3.10. The van der Waals surface area contributed by atoms with Crippen LogP contribution >= 0.6 is 12.4 Å². The Hall–Kier alpha value is -1.15. The quantitative estimate of drug-likeness (QED) is 0.722. The standard InChI is InChI=1S/C18H29N3O3S.ClH/c1-3-10-21(11-4-2)25(23,24)17-7-5-16(6-8-17)18(22)20-12-9-15(13-19)14-20;/h5-8,15H,3-4,9-14,19H2,1-2H3;1H. The molecule has 1 saturated heterocycles. The molecule has 1 aliphatic heterocycles. The molecule has 0 aliphatic carbocycles. The third kappa shape index (κ3) is 5.19. The van der Waals surface area contributed by atoms with Crippen LogP contribution in [0.25, 0.3) is 0 Å². The molecule has 1 heterocycles. The maximum Gasteiger partial charge on any atom is 0.253 e. The van der Waals surface area contributed by atoms with Crippen LogP contribution in [0.5, 0.6) is 0 Å². The number of carbonyl (C=O) groups excluding carboxylic acids is 1. The first-order chi connectivity index (χ1) is 11.9. The lowest BCUT2D eigenvalue weighted by molar-refractivity contribution is 0.0787. The van der Waals surface area contributed by atoms with Gasteiger partial charge in [-0.1, -0.05) is 13.8 Å². The van der Waals surface area contributed by atoms with Crippen molar-refractivity contribution in [2.45, 2.75) is 38.0 Å². The minimum atomic E-state index is -3.51. The number of amides is 1. The molecule has 1 amide bonds. The van der Waals surface area contributed by atoms with Crippen molar-refractivity contribution in [3.05, 3.63) is 29.8 Å². The smallest absolute Gasteiger partial charge is 0.253 e. The number of hydrogen-bond acceptors (Lipinski definition) is 4. The Balaban J connectivity index is 0.00000338. The minimum Gasteiger partial charge on any atom is -0.338 e. The van der Waals surface area contributed by atoms with E-state index in [1.54, 1.807) is 17.0 Å². The normalized spacial score (nSPS) is 17.4. The van der Waals surface area contributed by atoms with Crippen LogP contribution in [0, 0.1) is 5.92 Å². The lowest BCUT2D eigenvalue weighted by atomic mass is 10.1. The highest BCUT2D eigenvalue weighted by Gasteiger charge is 2.27. The first kappa shape index (κ1) is 22.9. The van der Waals surface area contributed by atoms with Gasteiger partial charge in [-0.2, -0.15) is 4.31 Å². The van der Waals surface area contributed by atoms with Crippen molar-refractivity contribution in [2.75, 3.05) is 32.7 Å². The Morgan fingerprint density at radius 2 is 1.77 bits per heavy atom. The number of halogens is 1. The molecular weight excluding hydrogens is 374 g/mol.